The van der Waals surface area contributed by atoms with E-state index < -0.39 is 0 Å². The molecule has 1 aromatic heterocycles. The predicted molar refractivity (Wildman–Crippen MR) is 91.7 cm³/mol. The van der Waals surface area contributed by atoms with E-state index in [0.29, 0.717) is 0 Å². The maximum absolute atomic E-state index is 5.71. The molecular weight excluding hydrogens is 274 g/mol. The number of ether oxygens (including phenoxy) is 1. The maximum Gasteiger partial charge on any atom is 0.132 e. The van der Waals surface area contributed by atoms with Gasteiger partial charge in [0.2, 0.25) is 0 Å². The Hall–Kier alpha value is -1.81. The molecule has 3 rings (SSSR count). The quantitative estimate of drug-likeness (QED) is 0.921. The number of anilines is 1. The van der Waals surface area contributed by atoms with Crippen LogP contribution in [-0.2, 0) is 6.42 Å². The zero-order chi connectivity index (χ0) is 15.4. The summed E-state index contributed by atoms with van der Waals surface area (Å²) in [6.07, 6.45) is 5.84. The normalized spacial score (nSPS) is 15.3. The largest absolute Gasteiger partial charge is 0.497 e. The third kappa shape index (κ3) is 3.17. The zero-order valence-corrected chi connectivity index (χ0v) is 13.3. The number of piperidine rings is 1. The summed E-state index contributed by atoms with van der Waals surface area (Å²) in [4.78, 5) is 7.40. The van der Waals surface area contributed by atoms with Gasteiger partial charge < -0.3 is 15.4 Å². The first-order valence-corrected chi connectivity index (χ1v) is 8.24. The second-order valence-electron chi connectivity index (χ2n) is 5.97. The summed E-state index contributed by atoms with van der Waals surface area (Å²) < 4.78 is 5.33. The molecule has 1 fully saturated rings. The molecule has 1 aliphatic rings. The number of nitrogens with two attached hydrogens (primary N) is 1. The smallest absolute Gasteiger partial charge is 0.132 e. The Morgan fingerprint density at radius 1 is 1.18 bits per heavy atom. The lowest BCUT2D eigenvalue weighted by molar-refractivity contribution is 0.415. The lowest BCUT2D eigenvalue weighted by atomic mass is 10.0. The number of aryl methyl sites for hydroxylation is 1. The van der Waals surface area contributed by atoms with Gasteiger partial charge in [-0.05, 0) is 68.5 Å². The number of methoxy groups -OCH3 is 1. The molecule has 22 heavy (non-hydrogen) atoms. The molecule has 0 spiro atoms. The lowest BCUT2D eigenvalue weighted by Crippen LogP contribution is -2.31. The van der Waals surface area contributed by atoms with Gasteiger partial charge in [-0.15, -0.1) is 0 Å². The number of benzene rings is 1. The number of fused-ring (bicyclic) bond motifs is 1. The van der Waals surface area contributed by atoms with E-state index in [1.165, 1.54) is 24.8 Å². The van der Waals surface area contributed by atoms with Crippen molar-refractivity contribution in [3.63, 3.8) is 0 Å². The van der Waals surface area contributed by atoms with Crippen LogP contribution in [0.1, 0.15) is 31.2 Å². The van der Waals surface area contributed by atoms with E-state index in [1.54, 1.807) is 7.11 Å². The number of rotatable bonds is 5. The molecule has 1 aliphatic heterocycles. The molecule has 0 bridgehead atoms. The predicted octanol–water partition coefficient (Wildman–Crippen LogP) is 3.13. The van der Waals surface area contributed by atoms with E-state index in [1.807, 2.05) is 12.1 Å². The molecular formula is C18H25N3O. The van der Waals surface area contributed by atoms with Crippen LogP contribution in [0.5, 0.6) is 5.75 Å². The first-order valence-electron chi connectivity index (χ1n) is 8.24. The molecule has 0 radical (unpaired) electrons. The summed E-state index contributed by atoms with van der Waals surface area (Å²) in [5.41, 5.74) is 8.06. The number of pyridine rings is 1. The fraction of sp³-hybridized carbons (Fsp3) is 0.500. The maximum atomic E-state index is 5.71. The van der Waals surface area contributed by atoms with Crippen molar-refractivity contribution in [3.05, 3.63) is 29.8 Å². The standard InChI is InChI=1S/C18H25N3O/c1-22-16-7-8-17-15(13-16)12-14(6-5-9-19)18(20-17)21-10-3-2-4-11-21/h7-8,12-13H,2-6,9-11,19H2,1H3. The van der Waals surface area contributed by atoms with Crippen LogP contribution in [0.15, 0.2) is 24.3 Å². The van der Waals surface area contributed by atoms with Gasteiger partial charge in [-0.2, -0.15) is 0 Å². The topological polar surface area (TPSA) is 51.4 Å². The zero-order valence-electron chi connectivity index (χ0n) is 13.3. The second-order valence-corrected chi connectivity index (χ2v) is 5.97. The number of hydrogen-bond donors (Lipinski definition) is 1. The number of aromatic nitrogens is 1. The van der Waals surface area contributed by atoms with Crippen molar-refractivity contribution in [1.82, 2.24) is 4.98 Å². The molecule has 4 nitrogen and oxygen atoms in total. The van der Waals surface area contributed by atoms with E-state index in [-0.39, 0.29) is 0 Å². The van der Waals surface area contributed by atoms with Gasteiger partial charge in [-0.25, -0.2) is 4.98 Å². The van der Waals surface area contributed by atoms with E-state index in [4.69, 9.17) is 15.5 Å². The molecule has 118 valence electrons. The third-order valence-corrected chi connectivity index (χ3v) is 4.38. The van der Waals surface area contributed by atoms with Crippen LogP contribution in [-0.4, -0.2) is 31.7 Å². The summed E-state index contributed by atoms with van der Waals surface area (Å²) in [6.45, 7) is 2.95. The minimum atomic E-state index is 0.718. The van der Waals surface area contributed by atoms with Crippen molar-refractivity contribution in [1.29, 1.82) is 0 Å². The number of nitrogens with zero attached hydrogens (tertiary/aromatic N) is 2. The van der Waals surface area contributed by atoms with Crippen LogP contribution < -0.4 is 15.4 Å². The van der Waals surface area contributed by atoms with Gasteiger partial charge in [0.15, 0.2) is 0 Å². The van der Waals surface area contributed by atoms with Gasteiger partial charge in [0.05, 0.1) is 12.6 Å². The highest BCUT2D eigenvalue weighted by molar-refractivity contribution is 5.83. The Bertz CT molecular complexity index is 636. The minimum Gasteiger partial charge on any atom is -0.497 e. The molecule has 0 saturated carbocycles. The van der Waals surface area contributed by atoms with Crippen molar-refractivity contribution < 1.29 is 4.74 Å². The van der Waals surface area contributed by atoms with Gasteiger partial charge >= 0.3 is 0 Å². The van der Waals surface area contributed by atoms with Crippen LogP contribution in [0.4, 0.5) is 5.82 Å². The van der Waals surface area contributed by atoms with E-state index in [2.05, 4.69) is 17.0 Å². The molecule has 1 aromatic carbocycles. The minimum absolute atomic E-state index is 0.718. The van der Waals surface area contributed by atoms with Crippen molar-refractivity contribution in [2.24, 2.45) is 5.73 Å². The highest BCUT2D eigenvalue weighted by Gasteiger charge is 2.17. The van der Waals surface area contributed by atoms with Gasteiger partial charge in [-0.1, -0.05) is 0 Å². The molecule has 2 heterocycles. The van der Waals surface area contributed by atoms with Gasteiger partial charge in [-0.3, -0.25) is 0 Å². The van der Waals surface area contributed by atoms with Crippen molar-refractivity contribution >= 4 is 16.7 Å². The molecule has 1 saturated heterocycles. The molecule has 0 aliphatic carbocycles. The molecule has 4 heteroatoms. The van der Waals surface area contributed by atoms with E-state index in [9.17, 15) is 0 Å². The van der Waals surface area contributed by atoms with Crippen LogP contribution in [0.2, 0.25) is 0 Å². The highest BCUT2D eigenvalue weighted by Crippen LogP contribution is 2.29. The first kappa shape index (κ1) is 15.1. The van der Waals surface area contributed by atoms with Crippen molar-refractivity contribution in [2.75, 3.05) is 31.6 Å². The molecule has 0 amide bonds. The van der Waals surface area contributed by atoms with E-state index in [0.717, 1.165) is 54.9 Å². The first-order chi connectivity index (χ1) is 10.8. The monoisotopic (exact) mass is 299 g/mol. The van der Waals surface area contributed by atoms with Crippen molar-refractivity contribution in [2.45, 2.75) is 32.1 Å². The summed E-state index contributed by atoms with van der Waals surface area (Å²) >= 11 is 0. The fourth-order valence-electron chi connectivity index (χ4n) is 3.17. The fourth-order valence-corrected chi connectivity index (χ4v) is 3.17. The average Bonchev–Trinajstić information content (AvgIpc) is 2.59. The Labute approximate surface area is 132 Å². The Balaban J connectivity index is 2.02. The van der Waals surface area contributed by atoms with Crippen LogP contribution in [0, 0.1) is 0 Å². The second kappa shape index (κ2) is 6.97. The van der Waals surface area contributed by atoms with Gasteiger partial charge in [0, 0.05) is 18.5 Å². The highest BCUT2D eigenvalue weighted by atomic mass is 16.5. The third-order valence-electron chi connectivity index (χ3n) is 4.38. The Kier molecular flexibility index (Phi) is 4.78. The molecule has 0 unspecified atom stereocenters. The summed E-state index contributed by atoms with van der Waals surface area (Å²) in [7, 11) is 1.70. The SMILES string of the molecule is COc1ccc2nc(N3CCCCC3)c(CCCN)cc2c1. The number of hydrogen-bond acceptors (Lipinski definition) is 4. The van der Waals surface area contributed by atoms with Crippen LogP contribution >= 0.6 is 0 Å². The van der Waals surface area contributed by atoms with Gasteiger partial charge in [0.1, 0.15) is 11.6 Å². The lowest BCUT2D eigenvalue weighted by Gasteiger charge is -2.30. The summed E-state index contributed by atoms with van der Waals surface area (Å²) in [5.74, 6) is 2.04. The van der Waals surface area contributed by atoms with Crippen LogP contribution in [0.25, 0.3) is 10.9 Å². The molecule has 0 atom stereocenters. The Morgan fingerprint density at radius 3 is 2.73 bits per heavy atom. The van der Waals surface area contributed by atoms with Crippen LogP contribution in [0.3, 0.4) is 0 Å². The molecule has 2 N–H and O–H groups in total. The van der Waals surface area contributed by atoms with Gasteiger partial charge in [0.25, 0.3) is 0 Å². The van der Waals surface area contributed by atoms with Crippen molar-refractivity contribution in [3.8, 4) is 5.75 Å². The summed E-state index contributed by atoms with van der Waals surface area (Å²) in [6, 6.07) is 8.36. The van der Waals surface area contributed by atoms with E-state index >= 15 is 0 Å². The Morgan fingerprint density at radius 2 is 2.00 bits per heavy atom. The average molecular weight is 299 g/mol. The summed E-state index contributed by atoms with van der Waals surface area (Å²) in [5, 5.41) is 1.15. The molecule has 2 aromatic rings.